The molecular weight excluding hydrogens is 227 g/mol. The number of hydrogen-bond donors (Lipinski definition) is 1. The molecular formula is C15H17FN2. The molecule has 0 saturated heterocycles. The SMILES string of the molecule is CCNCc1cncc(-c2cc(F)ccc2C)c1. The first-order chi connectivity index (χ1) is 8.70. The monoisotopic (exact) mass is 244 g/mol. The molecule has 2 nitrogen and oxygen atoms in total. The van der Waals surface area contributed by atoms with Crippen molar-refractivity contribution in [2.75, 3.05) is 6.54 Å². The van der Waals surface area contributed by atoms with Gasteiger partial charge in [0.1, 0.15) is 5.82 Å². The van der Waals surface area contributed by atoms with Gasteiger partial charge in [0.25, 0.3) is 0 Å². The van der Waals surface area contributed by atoms with Crippen molar-refractivity contribution in [3.63, 3.8) is 0 Å². The summed E-state index contributed by atoms with van der Waals surface area (Å²) in [5, 5.41) is 3.26. The molecule has 18 heavy (non-hydrogen) atoms. The van der Waals surface area contributed by atoms with Crippen molar-refractivity contribution in [3.8, 4) is 11.1 Å². The van der Waals surface area contributed by atoms with Gasteiger partial charge in [0.15, 0.2) is 0 Å². The van der Waals surface area contributed by atoms with Gasteiger partial charge < -0.3 is 5.32 Å². The number of aromatic nitrogens is 1. The van der Waals surface area contributed by atoms with E-state index >= 15 is 0 Å². The Bertz CT molecular complexity index is 538. The van der Waals surface area contributed by atoms with Crippen LogP contribution in [0, 0.1) is 12.7 Å². The zero-order valence-corrected chi connectivity index (χ0v) is 10.7. The second-order valence-corrected chi connectivity index (χ2v) is 4.32. The van der Waals surface area contributed by atoms with Gasteiger partial charge in [-0.25, -0.2) is 4.39 Å². The molecule has 1 aromatic carbocycles. The van der Waals surface area contributed by atoms with Crippen molar-refractivity contribution >= 4 is 0 Å². The summed E-state index contributed by atoms with van der Waals surface area (Å²) in [5.41, 5.74) is 4.03. The Balaban J connectivity index is 2.35. The van der Waals surface area contributed by atoms with Crippen LogP contribution in [0.25, 0.3) is 11.1 Å². The predicted octanol–water partition coefficient (Wildman–Crippen LogP) is 3.31. The number of rotatable bonds is 4. The zero-order chi connectivity index (χ0) is 13.0. The first-order valence-corrected chi connectivity index (χ1v) is 6.12. The Labute approximate surface area is 107 Å². The quantitative estimate of drug-likeness (QED) is 0.892. The van der Waals surface area contributed by atoms with Gasteiger partial charge in [-0.1, -0.05) is 13.0 Å². The maximum atomic E-state index is 13.3. The third-order valence-electron chi connectivity index (χ3n) is 2.88. The lowest BCUT2D eigenvalue weighted by molar-refractivity contribution is 0.628. The minimum absolute atomic E-state index is 0.215. The molecule has 94 valence electrons. The highest BCUT2D eigenvalue weighted by molar-refractivity contribution is 5.66. The Hall–Kier alpha value is -1.74. The molecule has 1 aromatic heterocycles. The second-order valence-electron chi connectivity index (χ2n) is 4.32. The number of aryl methyl sites for hydroxylation is 1. The normalized spacial score (nSPS) is 10.6. The van der Waals surface area contributed by atoms with Crippen LogP contribution in [0.4, 0.5) is 4.39 Å². The van der Waals surface area contributed by atoms with Crippen molar-refractivity contribution in [1.82, 2.24) is 10.3 Å². The van der Waals surface area contributed by atoms with Gasteiger partial charge in [-0.05, 0) is 48.4 Å². The first kappa shape index (κ1) is 12.7. The molecule has 2 aromatic rings. The highest BCUT2D eigenvalue weighted by atomic mass is 19.1. The Morgan fingerprint density at radius 3 is 2.83 bits per heavy atom. The van der Waals surface area contributed by atoms with Gasteiger partial charge in [0.05, 0.1) is 0 Å². The molecule has 0 aliphatic heterocycles. The van der Waals surface area contributed by atoms with Gasteiger partial charge in [-0.15, -0.1) is 0 Å². The van der Waals surface area contributed by atoms with Gasteiger partial charge in [-0.3, -0.25) is 4.98 Å². The van der Waals surface area contributed by atoms with E-state index in [1.807, 2.05) is 13.1 Å². The molecule has 0 atom stereocenters. The van der Waals surface area contributed by atoms with E-state index in [-0.39, 0.29) is 5.82 Å². The maximum Gasteiger partial charge on any atom is 0.123 e. The lowest BCUT2D eigenvalue weighted by Crippen LogP contribution is -2.11. The van der Waals surface area contributed by atoms with Crippen LogP contribution in [0.15, 0.2) is 36.7 Å². The van der Waals surface area contributed by atoms with Crippen molar-refractivity contribution in [2.45, 2.75) is 20.4 Å². The van der Waals surface area contributed by atoms with Crippen molar-refractivity contribution in [1.29, 1.82) is 0 Å². The lowest BCUT2D eigenvalue weighted by atomic mass is 10.0. The number of benzene rings is 1. The smallest absolute Gasteiger partial charge is 0.123 e. The summed E-state index contributed by atoms with van der Waals surface area (Å²) in [6, 6.07) is 6.89. The molecule has 0 aliphatic rings. The van der Waals surface area contributed by atoms with Crippen molar-refractivity contribution in [2.24, 2.45) is 0 Å². The van der Waals surface area contributed by atoms with E-state index in [2.05, 4.69) is 23.3 Å². The van der Waals surface area contributed by atoms with Gasteiger partial charge >= 0.3 is 0 Å². The van der Waals surface area contributed by atoms with Crippen LogP contribution in [-0.2, 0) is 6.54 Å². The summed E-state index contributed by atoms with van der Waals surface area (Å²) in [7, 11) is 0. The zero-order valence-electron chi connectivity index (χ0n) is 10.7. The van der Waals surface area contributed by atoms with E-state index in [1.54, 1.807) is 18.3 Å². The number of nitrogens with zero attached hydrogens (tertiary/aromatic N) is 1. The molecule has 0 aliphatic carbocycles. The third-order valence-corrected chi connectivity index (χ3v) is 2.88. The maximum absolute atomic E-state index is 13.3. The van der Waals surface area contributed by atoms with E-state index in [1.165, 1.54) is 6.07 Å². The van der Waals surface area contributed by atoms with E-state index in [0.29, 0.717) is 0 Å². The number of hydrogen-bond acceptors (Lipinski definition) is 2. The average molecular weight is 244 g/mol. The highest BCUT2D eigenvalue weighted by Crippen LogP contribution is 2.24. The first-order valence-electron chi connectivity index (χ1n) is 6.12. The van der Waals surface area contributed by atoms with Crippen LogP contribution in [0.3, 0.4) is 0 Å². The molecule has 1 N–H and O–H groups in total. The fraction of sp³-hybridized carbons (Fsp3) is 0.267. The van der Waals surface area contributed by atoms with Gasteiger partial charge in [0.2, 0.25) is 0 Å². The molecule has 2 rings (SSSR count). The Morgan fingerprint density at radius 2 is 2.06 bits per heavy atom. The largest absolute Gasteiger partial charge is 0.313 e. The highest BCUT2D eigenvalue weighted by Gasteiger charge is 2.05. The van der Waals surface area contributed by atoms with Crippen LogP contribution >= 0.6 is 0 Å². The summed E-state index contributed by atoms with van der Waals surface area (Å²) in [6.07, 6.45) is 3.61. The van der Waals surface area contributed by atoms with Crippen LogP contribution in [0.5, 0.6) is 0 Å². The van der Waals surface area contributed by atoms with Gasteiger partial charge in [-0.2, -0.15) is 0 Å². The molecule has 0 saturated carbocycles. The van der Waals surface area contributed by atoms with Crippen LogP contribution in [0.2, 0.25) is 0 Å². The third kappa shape index (κ3) is 2.93. The molecule has 3 heteroatoms. The molecule has 1 heterocycles. The van der Waals surface area contributed by atoms with E-state index in [0.717, 1.165) is 35.3 Å². The average Bonchev–Trinajstić information content (AvgIpc) is 2.39. The minimum Gasteiger partial charge on any atom is -0.313 e. The number of halogens is 1. The summed E-state index contributed by atoms with van der Waals surface area (Å²) in [6.45, 7) is 5.74. The van der Waals surface area contributed by atoms with E-state index < -0.39 is 0 Å². The number of pyridine rings is 1. The van der Waals surface area contributed by atoms with Crippen LogP contribution in [-0.4, -0.2) is 11.5 Å². The molecule has 0 amide bonds. The summed E-state index contributed by atoms with van der Waals surface area (Å²) < 4.78 is 13.3. The Morgan fingerprint density at radius 1 is 1.22 bits per heavy atom. The van der Waals surface area contributed by atoms with Crippen LogP contribution in [0.1, 0.15) is 18.1 Å². The molecule has 0 spiro atoms. The summed E-state index contributed by atoms with van der Waals surface area (Å²) >= 11 is 0. The van der Waals surface area contributed by atoms with E-state index in [9.17, 15) is 4.39 Å². The standard InChI is InChI=1S/C15H17FN2/c1-3-17-8-12-6-13(10-18-9-12)15-7-14(16)5-4-11(15)2/h4-7,9-10,17H,3,8H2,1-2H3. The summed E-state index contributed by atoms with van der Waals surface area (Å²) in [4.78, 5) is 4.22. The van der Waals surface area contributed by atoms with Crippen LogP contribution < -0.4 is 5.32 Å². The van der Waals surface area contributed by atoms with Crippen molar-refractivity contribution < 1.29 is 4.39 Å². The molecule has 0 unspecified atom stereocenters. The lowest BCUT2D eigenvalue weighted by Gasteiger charge is -2.08. The fourth-order valence-corrected chi connectivity index (χ4v) is 1.91. The topological polar surface area (TPSA) is 24.9 Å². The summed E-state index contributed by atoms with van der Waals surface area (Å²) in [5.74, 6) is -0.215. The predicted molar refractivity (Wildman–Crippen MR) is 71.7 cm³/mol. The number of nitrogens with one attached hydrogen (secondary N) is 1. The Kier molecular flexibility index (Phi) is 4.05. The van der Waals surface area contributed by atoms with Gasteiger partial charge in [0, 0.05) is 24.5 Å². The van der Waals surface area contributed by atoms with Crippen molar-refractivity contribution in [3.05, 3.63) is 53.6 Å². The second kappa shape index (κ2) is 5.74. The minimum atomic E-state index is -0.215. The fourth-order valence-electron chi connectivity index (χ4n) is 1.91. The molecule has 0 fully saturated rings. The van der Waals surface area contributed by atoms with E-state index in [4.69, 9.17) is 0 Å². The molecule has 0 bridgehead atoms. The molecule has 0 radical (unpaired) electrons.